The maximum absolute atomic E-state index is 11.3. The Kier molecular flexibility index (Phi) is 4.92. The molecule has 0 heterocycles. The van der Waals surface area contributed by atoms with Crippen molar-refractivity contribution in [2.24, 2.45) is 5.14 Å². The van der Waals surface area contributed by atoms with Gasteiger partial charge in [0.25, 0.3) is 0 Å². The normalized spacial score (nSPS) is 13.4. The predicted molar refractivity (Wildman–Crippen MR) is 67.2 cm³/mol. The lowest BCUT2D eigenvalue weighted by Crippen LogP contribution is -2.15. The Morgan fingerprint density at radius 1 is 1.41 bits per heavy atom. The van der Waals surface area contributed by atoms with Gasteiger partial charge in [-0.2, -0.15) is 0 Å². The maximum Gasteiger partial charge on any atom is 0.240 e. The van der Waals surface area contributed by atoms with Crippen LogP contribution in [0.2, 0.25) is 0 Å². The van der Waals surface area contributed by atoms with Crippen molar-refractivity contribution in [1.82, 2.24) is 0 Å². The molecule has 0 aliphatic rings. The van der Waals surface area contributed by atoms with Crippen molar-refractivity contribution in [2.45, 2.75) is 30.8 Å². The highest BCUT2D eigenvalue weighted by Crippen LogP contribution is 2.19. The van der Waals surface area contributed by atoms with E-state index in [4.69, 9.17) is 10.2 Å². The summed E-state index contributed by atoms with van der Waals surface area (Å²) in [5.41, 5.74) is 0.501. The Morgan fingerprint density at radius 2 is 2.06 bits per heavy atom. The standard InChI is InChI=1S/C11H18N2O3S/c1-9(14)5-4-8-13-10-6-2-3-7-11(10)17(12,15)16/h2-3,6-7,9,13-14H,4-5,8H2,1H3,(H2,12,15,16). The average Bonchev–Trinajstić information content (AvgIpc) is 2.23. The molecule has 0 aromatic heterocycles. The number of aliphatic hydroxyl groups excluding tert-OH is 1. The molecule has 6 heteroatoms. The minimum absolute atomic E-state index is 0.0945. The number of para-hydroxylation sites is 1. The summed E-state index contributed by atoms with van der Waals surface area (Å²) in [4.78, 5) is 0.0945. The van der Waals surface area contributed by atoms with Gasteiger partial charge in [-0.1, -0.05) is 12.1 Å². The molecule has 0 aliphatic carbocycles. The first kappa shape index (κ1) is 14.0. The first-order valence-electron chi connectivity index (χ1n) is 5.45. The molecule has 1 atom stereocenters. The van der Waals surface area contributed by atoms with E-state index in [1.165, 1.54) is 6.07 Å². The van der Waals surface area contributed by atoms with Crippen molar-refractivity contribution in [3.63, 3.8) is 0 Å². The van der Waals surface area contributed by atoms with Crippen LogP contribution in [0, 0.1) is 0 Å². The third-order valence-corrected chi connectivity index (χ3v) is 3.28. The van der Waals surface area contributed by atoms with Crippen LogP contribution in [0.25, 0.3) is 0 Å². The van der Waals surface area contributed by atoms with Crippen LogP contribution in [0.5, 0.6) is 0 Å². The molecule has 17 heavy (non-hydrogen) atoms. The Labute approximate surface area is 102 Å². The molecule has 1 rings (SSSR count). The number of anilines is 1. The van der Waals surface area contributed by atoms with Crippen LogP contribution in [0.3, 0.4) is 0 Å². The van der Waals surface area contributed by atoms with E-state index in [0.717, 1.165) is 6.42 Å². The second-order valence-corrected chi connectivity index (χ2v) is 5.49. The van der Waals surface area contributed by atoms with Gasteiger partial charge in [0.1, 0.15) is 4.90 Å². The predicted octanol–water partition coefficient (Wildman–Crippen LogP) is 0.907. The molecule has 0 saturated heterocycles. The van der Waals surface area contributed by atoms with Crippen molar-refractivity contribution in [1.29, 1.82) is 0 Å². The van der Waals surface area contributed by atoms with Crippen LogP contribution >= 0.6 is 0 Å². The summed E-state index contributed by atoms with van der Waals surface area (Å²) in [6, 6.07) is 6.50. The molecule has 0 saturated carbocycles. The van der Waals surface area contributed by atoms with Crippen LogP contribution in [-0.4, -0.2) is 26.2 Å². The lowest BCUT2D eigenvalue weighted by atomic mass is 10.2. The lowest BCUT2D eigenvalue weighted by molar-refractivity contribution is 0.183. The first-order chi connectivity index (χ1) is 7.91. The largest absolute Gasteiger partial charge is 0.393 e. The van der Waals surface area contributed by atoms with Crippen molar-refractivity contribution >= 4 is 15.7 Å². The smallest absolute Gasteiger partial charge is 0.240 e. The van der Waals surface area contributed by atoms with Crippen molar-refractivity contribution in [3.05, 3.63) is 24.3 Å². The molecule has 4 N–H and O–H groups in total. The summed E-state index contributed by atoms with van der Waals surface area (Å²) < 4.78 is 22.6. The van der Waals surface area contributed by atoms with Gasteiger partial charge in [0, 0.05) is 6.54 Å². The minimum Gasteiger partial charge on any atom is -0.393 e. The van der Waals surface area contributed by atoms with Gasteiger partial charge in [0.05, 0.1) is 11.8 Å². The molecular formula is C11H18N2O3S. The zero-order valence-corrected chi connectivity index (χ0v) is 10.6. The summed E-state index contributed by atoms with van der Waals surface area (Å²) >= 11 is 0. The molecule has 0 fully saturated rings. The Balaban J connectivity index is 2.65. The molecule has 0 aliphatic heterocycles. The van der Waals surface area contributed by atoms with Crippen molar-refractivity contribution < 1.29 is 13.5 Å². The Hall–Kier alpha value is -1.11. The quantitative estimate of drug-likeness (QED) is 0.661. The van der Waals surface area contributed by atoms with Gasteiger partial charge in [-0.25, -0.2) is 13.6 Å². The maximum atomic E-state index is 11.3. The molecule has 1 unspecified atom stereocenters. The Morgan fingerprint density at radius 3 is 2.65 bits per heavy atom. The molecule has 0 bridgehead atoms. The van der Waals surface area contributed by atoms with E-state index in [9.17, 15) is 8.42 Å². The van der Waals surface area contributed by atoms with E-state index in [1.807, 2.05) is 0 Å². The number of primary sulfonamides is 1. The second-order valence-electron chi connectivity index (χ2n) is 3.96. The summed E-state index contributed by atoms with van der Waals surface area (Å²) in [6.45, 7) is 2.32. The van der Waals surface area contributed by atoms with E-state index >= 15 is 0 Å². The zero-order valence-electron chi connectivity index (χ0n) is 9.76. The summed E-state index contributed by atoms with van der Waals surface area (Å²) in [7, 11) is -3.70. The molecule has 5 nitrogen and oxygen atoms in total. The van der Waals surface area contributed by atoms with Crippen molar-refractivity contribution in [2.75, 3.05) is 11.9 Å². The molecule has 1 aromatic rings. The topological polar surface area (TPSA) is 92.4 Å². The van der Waals surface area contributed by atoms with Crippen LogP contribution in [0.15, 0.2) is 29.2 Å². The third kappa shape index (κ3) is 4.72. The fourth-order valence-corrected chi connectivity index (χ4v) is 2.20. The number of nitrogens with two attached hydrogens (primary N) is 1. The van der Waals surface area contributed by atoms with Gasteiger partial charge < -0.3 is 10.4 Å². The number of hydrogen-bond donors (Lipinski definition) is 3. The lowest BCUT2D eigenvalue weighted by Gasteiger charge is -2.10. The van der Waals surface area contributed by atoms with E-state index in [0.29, 0.717) is 18.7 Å². The van der Waals surface area contributed by atoms with Gasteiger partial charge >= 0.3 is 0 Å². The molecule has 0 amide bonds. The van der Waals surface area contributed by atoms with Gasteiger partial charge in [-0.15, -0.1) is 0 Å². The van der Waals surface area contributed by atoms with Gasteiger partial charge in [-0.3, -0.25) is 0 Å². The molecule has 0 radical (unpaired) electrons. The fourth-order valence-electron chi connectivity index (χ4n) is 1.48. The number of benzene rings is 1. The fraction of sp³-hybridized carbons (Fsp3) is 0.455. The van der Waals surface area contributed by atoms with E-state index in [1.54, 1.807) is 25.1 Å². The Bertz CT molecular complexity index is 458. The average molecular weight is 258 g/mol. The number of sulfonamides is 1. The zero-order chi connectivity index (χ0) is 12.9. The van der Waals surface area contributed by atoms with Crippen LogP contribution in [0.1, 0.15) is 19.8 Å². The van der Waals surface area contributed by atoms with Crippen LogP contribution in [-0.2, 0) is 10.0 Å². The van der Waals surface area contributed by atoms with Gasteiger partial charge in [0.2, 0.25) is 10.0 Å². The number of aliphatic hydroxyl groups is 1. The third-order valence-electron chi connectivity index (χ3n) is 2.31. The van der Waals surface area contributed by atoms with E-state index in [2.05, 4.69) is 5.32 Å². The monoisotopic (exact) mass is 258 g/mol. The molecule has 96 valence electrons. The highest BCUT2D eigenvalue weighted by atomic mass is 32.2. The summed E-state index contributed by atoms with van der Waals surface area (Å²) in [6.07, 6.45) is 1.09. The molecule has 0 spiro atoms. The highest BCUT2D eigenvalue weighted by Gasteiger charge is 2.12. The van der Waals surface area contributed by atoms with Crippen LogP contribution < -0.4 is 10.5 Å². The number of rotatable bonds is 6. The van der Waals surface area contributed by atoms with Crippen LogP contribution in [0.4, 0.5) is 5.69 Å². The van der Waals surface area contributed by atoms with Gasteiger partial charge in [-0.05, 0) is 31.9 Å². The highest BCUT2D eigenvalue weighted by molar-refractivity contribution is 7.89. The second kappa shape index (κ2) is 6.00. The number of nitrogens with one attached hydrogen (secondary N) is 1. The molecule has 1 aromatic carbocycles. The molecular weight excluding hydrogens is 240 g/mol. The SMILES string of the molecule is CC(O)CCCNc1ccccc1S(N)(=O)=O. The van der Waals surface area contributed by atoms with Gasteiger partial charge in [0.15, 0.2) is 0 Å². The van der Waals surface area contributed by atoms with E-state index < -0.39 is 10.0 Å². The summed E-state index contributed by atoms with van der Waals surface area (Å²) in [5.74, 6) is 0. The van der Waals surface area contributed by atoms with Crippen molar-refractivity contribution in [3.8, 4) is 0 Å². The first-order valence-corrected chi connectivity index (χ1v) is 6.99. The number of hydrogen-bond acceptors (Lipinski definition) is 4. The van der Waals surface area contributed by atoms with E-state index in [-0.39, 0.29) is 11.0 Å². The summed E-state index contributed by atoms with van der Waals surface area (Å²) in [5, 5.41) is 17.2. The minimum atomic E-state index is -3.70.